The van der Waals surface area contributed by atoms with Gasteiger partial charge in [-0.1, -0.05) is 30.3 Å². The van der Waals surface area contributed by atoms with Gasteiger partial charge in [0, 0.05) is 25.0 Å². The number of carbonyl (C=O) groups excluding carboxylic acids is 1. The highest BCUT2D eigenvalue weighted by Crippen LogP contribution is 2.33. The van der Waals surface area contributed by atoms with E-state index in [2.05, 4.69) is 29.0 Å². The van der Waals surface area contributed by atoms with Gasteiger partial charge in [0.15, 0.2) is 5.76 Å². The predicted molar refractivity (Wildman–Crippen MR) is 82.5 cm³/mol. The highest BCUT2D eigenvalue weighted by Gasteiger charge is 2.33. The minimum absolute atomic E-state index is 0.0636. The van der Waals surface area contributed by atoms with E-state index in [0.717, 1.165) is 17.8 Å². The number of aromatic nitrogens is 1. The number of benzene rings is 1. The van der Waals surface area contributed by atoms with Gasteiger partial charge in [-0.2, -0.15) is 0 Å². The molecule has 0 saturated carbocycles. The summed E-state index contributed by atoms with van der Waals surface area (Å²) in [5.41, 5.74) is 2.25. The van der Waals surface area contributed by atoms with Crippen molar-refractivity contribution in [3.8, 4) is 0 Å². The molecule has 0 radical (unpaired) electrons. The van der Waals surface area contributed by atoms with Crippen molar-refractivity contribution in [3.05, 3.63) is 84.1 Å². The smallest absolute Gasteiger partial charge is 0.290 e. The molecule has 4 heteroatoms. The van der Waals surface area contributed by atoms with E-state index in [9.17, 15) is 4.79 Å². The molecule has 0 saturated heterocycles. The molecule has 4 rings (SSSR count). The fraction of sp³-hybridized carbons (Fsp3) is 0.167. The zero-order chi connectivity index (χ0) is 14.9. The third kappa shape index (κ3) is 2.04. The van der Waals surface area contributed by atoms with Crippen molar-refractivity contribution < 1.29 is 9.21 Å². The first-order valence-corrected chi connectivity index (χ1v) is 7.39. The first kappa shape index (κ1) is 13.0. The second kappa shape index (κ2) is 5.22. The molecule has 2 aromatic heterocycles. The summed E-state index contributed by atoms with van der Waals surface area (Å²) in [5.74, 6) is 0.326. The van der Waals surface area contributed by atoms with Crippen LogP contribution in [0.3, 0.4) is 0 Å². The number of fused-ring (bicyclic) bond motifs is 1. The van der Waals surface area contributed by atoms with Gasteiger partial charge in [-0.05, 0) is 29.8 Å². The summed E-state index contributed by atoms with van der Waals surface area (Å²) in [6, 6.07) is 17.6. The number of furan rings is 1. The SMILES string of the molecule is O=C(c1ccco1)N1CCn2cccc2[C@@H]1c1ccccc1. The monoisotopic (exact) mass is 292 g/mol. The van der Waals surface area contributed by atoms with E-state index in [-0.39, 0.29) is 11.9 Å². The van der Waals surface area contributed by atoms with Crippen LogP contribution in [-0.2, 0) is 6.54 Å². The predicted octanol–water partition coefficient (Wildman–Crippen LogP) is 3.33. The molecule has 110 valence electrons. The van der Waals surface area contributed by atoms with E-state index in [1.54, 1.807) is 12.1 Å². The second-order valence-electron chi connectivity index (χ2n) is 5.42. The molecule has 0 N–H and O–H groups in total. The molecule has 3 aromatic rings. The normalized spacial score (nSPS) is 17.3. The highest BCUT2D eigenvalue weighted by molar-refractivity contribution is 5.92. The summed E-state index contributed by atoms with van der Waals surface area (Å²) in [6.45, 7) is 1.47. The van der Waals surface area contributed by atoms with Gasteiger partial charge in [-0.15, -0.1) is 0 Å². The Morgan fingerprint density at radius 2 is 1.86 bits per heavy atom. The second-order valence-corrected chi connectivity index (χ2v) is 5.42. The first-order valence-electron chi connectivity index (χ1n) is 7.39. The Morgan fingerprint density at radius 3 is 2.64 bits per heavy atom. The number of hydrogen-bond donors (Lipinski definition) is 0. The van der Waals surface area contributed by atoms with Gasteiger partial charge in [0.2, 0.25) is 0 Å². The molecule has 1 amide bonds. The van der Waals surface area contributed by atoms with Crippen LogP contribution in [0.15, 0.2) is 71.5 Å². The Labute approximate surface area is 128 Å². The van der Waals surface area contributed by atoms with Crippen LogP contribution in [0.1, 0.15) is 27.9 Å². The molecule has 1 aliphatic heterocycles. The number of hydrogen-bond acceptors (Lipinski definition) is 2. The number of nitrogens with zero attached hydrogens (tertiary/aromatic N) is 2. The molecule has 3 heterocycles. The highest BCUT2D eigenvalue weighted by atomic mass is 16.3. The largest absolute Gasteiger partial charge is 0.459 e. The van der Waals surface area contributed by atoms with Crippen LogP contribution in [0.5, 0.6) is 0 Å². The molecule has 0 aliphatic carbocycles. The Hall–Kier alpha value is -2.75. The Bertz CT molecular complexity index is 775. The Balaban J connectivity index is 1.79. The maximum absolute atomic E-state index is 12.8. The molecular weight excluding hydrogens is 276 g/mol. The summed E-state index contributed by atoms with van der Waals surface area (Å²) in [6.07, 6.45) is 3.61. The molecule has 1 aliphatic rings. The van der Waals surface area contributed by atoms with Crippen LogP contribution in [0.2, 0.25) is 0 Å². The Kier molecular flexibility index (Phi) is 3.07. The molecule has 0 fully saturated rings. The molecule has 0 bridgehead atoms. The van der Waals surface area contributed by atoms with Crippen LogP contribution >= 0.6 is 0 Å². The van der Waals surface area contributed by atoms with Gasteiger partial charge in [0.25, 0.3) is 5.91 Å². The van der Waals surface area contributed by atoms with Crippen molar-refractivity contribution >= 4 is 5.91 Å². The molecular formula is C18H16N2O2. The van der Waals surface area contributed by atoms with Crippen molar-refractivity contribution in [2.24, 2.45) is 0 Å². The van der Waals surface area contributed by atoms with E-state index < -0.39 is 0 Å². The van der Waals surface area contributed by atoms with E-state index >= 15 is 0 Å². The Morgan fingerprint density at radius 1 is 1.00 bits per heavy atom. The van der Waals surface area contributed by atoms with Crippen molar-refractivity contribution in [1.82, 2.24) is 9.47 Å². The zero-order valence-electron chi connectivity index (χ0n) is 12.1. The summed E-state index contributed by atoms with van der Waals surface area (Å²) in [4.78, 5) is 14.7. The van der Waals surface area contributed by atoms with Gasteiger partial charge < -0.3 is 13.9 Å². The summed E-state index contributed by atoms with van der Waals surface area (Å²) >= 11 is 0. The quantitative estimate of drug-likeness (QED) is 0.726. The maximum atomic E-state index is 12.8. The average molecular weight is 292 g/mol. The topological polar surface area (TPSA) is 38.4 Å². The standard InChI is InChI=1S/C18H16N2O2/c21-18(16-9-5-13-22-16)20-12-11-19-10-4-8-15(19)17(20)14-6-2-1-3-7-14/h1-10,13,17H,11-12H2/t17-/m0/s1. The van der Waals surface area contributed by atoms with Crippen LogP contribution < -0.4 is 0 Å². The van der Waals surface area contributed by atoms with Gasteiger partial charge in [-0.25, -0.2) is 0 Å². The summed E-state index contributed by atoms with van der Waals surface area (Å²) in [5, 5.41) is 0. The maximum Gasteiger partial charge on any atom is 0.290 e. The molecule has 0 unspecified atom stereocenters. The average Bonchev–Trinajstić information content (AvgIpc) is 3.25. The van der Waals surface area contributed by atoms with Gasteiger partial charge in [0.1, 0.15) is 0 Å². The van der Waals surface area contributed by atoms with E-state index in [4.69, 9.17) is 4.42 Å². The number of rotatable bonds is 2. The minimum Gasteiger partial charge on any atom is -0.459 e. The van der Waals surface area contributed by atoms with Crippen LogP contribution in [0, 0.1) is 0 Å². The van der Waals surface area contributed by atoms with Gasteiger partial charge in [-0.3, -0.25) is 4.79 Å². The van der Waals surface area contributed by atoms with E-state index in [1.165, 1.54) is 6.26 Å². The van der Waals surface area contributed by atoms with Gasteiger partial charge >= 0.3 is 0 Å². The lowest BCUT2D eigenvalue weighted by atomic mass is 9.99. The lowest BCUT2D eigenvalue weighted by molar-refractivity contribution is 0.0631. The lowest BCUT2D eigenvalue weighted by Gasteiger charge is -2.36. The van der Waals surface area contributed by atoms with Crippen LogP contribution in [0.4, 0.5) is 0 Å². The molecule has 4 nitrogen and oxygen atoms in total. The molecule has 1 atom stereocenters. The number of carbonyl (C=O) groups is 1. The van der Waals surface area contributed by atoms with Crippen molar-refractivity contribution in [1.29, 1.82) is 0 Å². The third-order valence-corrected chi connectivity index (χ3v) is 4.15. The fourth-order valence-electron chi connectivity index (χ4n) is 3.13. The van der Waals surface area contributed by atoms with Crippen molar-refractivity contribution in [2.75, 3.05) is 6.54 Å². The molecule has 22 heavy (non-hydrogen) atoms. The zero-order valence-corrected chi connectivity index (χ0v) is 12.1. The molecule has 0 spiro atoms. The van der Waals surface area contributed by atoms with E-state index in [0.29, 0.717) is 12.3 Å². The van der Waals surface area contributed by atoms with Gasteiger partial charge in [0.05, 0.1) is 12.3 Å². The van der Waals surface area contributed by atoms with Crippen molar-refractivity contribution in [3.63, 3.8) is 0 Å². The minimum atomic E-state index is -0.0810. The first-order chi connectivity index (χ1) is 10.8. The third-order valence-electron chi connectivity index (χ3n) is 4.15. The van der Waals surface area contributed by atoms with E-state index in [1.807, 2.05) is 29.2 Å². The lowest BCUT2D eigenvalue weighted by Crippen LogP contribution is -2.42. The van der Waals surface area contributed by atoms with Crippen LogP contribution in [0.25, 0.3) is 0 Å². The number of amides is 1. The molecule has 1 aromatic carbocycles. The summed E-state index contributed by atoms with van der Waals surface area (Å²) < 4.78 is 7.52. The van der Waals surface area contributed by atoms with Crippen LogP contribution in [-0.4, -0.2) is 21.9 Å². The summed E-state index contributed by atoms with van der Waals surface area (Å²) in [7, 11) is 0. The fourth-order valence-corrected chi connectivity index (χ4v) is 3.13. The van der Waals surface area contributed by atoms with Crippen molar-refractivity contribution in [2.45, 2.75) is 12.6 Å².